The van der Waals surface area contributed by atoms with Crippen LogP contribution in [0.15, 0.2) is 47.4 Å². The van der Waals surface area contributed by atoms with Gasteiger partial charge in [0.25, 0.3) is 5.91 Å². The molecular weight excluding hydrogens is 336 g/mol. The Kier molecular flexibility index (Phi) is 5.09. The smallest absolute Gasteiger partial charge is 0.251 e. The van der Waals surface area contributed by atoms with Crippen LogP contribution < -0.4 is 10.5 Å². The fourth-order valence-electron chi connectivity index (χ4n) is 2.16. The number of nitrogens with one attached hydrogen (secondary N) is 1. The second-order valence-electron chi connectivity index (χ2n) is 5.27. The number of benzene rings is 2. The van der Waals surface area contributed by atoms with Crippen molar-refractivity contribution in [3.8, 4) is 0 Å². The van der Waals surface area contributed by atoms with Crippen LogP contribution in [0.5, 0.6) is 0 Å². The van der Waals surface area contributed by atoms with E-state index >= 15 is 0 Å². The van der Waals surface area contributed by atoms with Gasteiger partial charge in [0.1, 0.15) is 0 Å². The fourth-order valence-corrected chi connectivity index (χ4v) is 3.10. The average Bonchev–Trinajstić information content (AvgIpc) is 2.47. The first kappa shape index (κ1) is 17.5. The third-order valence-electron chi connectivity index (χ3n) is 3.47. The van der Waals surface area contributed by atoms with Crippen LogP contribution >= 0.6 is 11.6 Å². The number of halogens is 1. The van der Waals surface area contributed by atoms with Crippen LogP contribution in [-0.4, -0.2) is 14.3 Å². The van der Waals surface area contributed by atoms with E-state index in [0.717, 1.165) is 5.56 Å². The number of sulfonamides is 1. The molecule has 7 heteroatoms. The zero-order valence-corrected chi connectivity index (χ0v) is 14.3. The maximum absolute atomic E-state index is 12.3. The second-order valence-corrected chi connectivity index (χ2v) is 7.24. The van der Waals surface area contributed by atoms with Crippen LogP contribution in [0.2, 0.25) is 5.02 Å². The van der Waals surface area contributed by atoms with Gasteiger partial charge in [0, 0.05) is 10.6 Å². The van der Waals surface area contributed by atoms with E-state index in [1.165, 1.54) is 6.07 Å². The highest BCUT2D eigenvalue weighted by Crippen LogP contribution is 2.19. The van der Waals surface area contributed by atoms with E-state index in [9.17, 15) is 13.2 Å². The summed E-state index contributed by atoms with van der Waals surface area (Å²) in [6.45, 7) is 3.45. The summed E-state index contributed by atoms with van der Waals surface area (Å²) >= 11 is 5.84. The lowest BCUT2D eigenvalue weighted by molar-refractivity contribution is 0.0939. The maximum atomic E-state index is 12.3. The van der Waals surface area contributed by atoms with Crippen molar-refractivity contribution >= 4 is 27.5 Å². The second kappa shape index (κ2) is 6.70. The monoisotopic (exact) mass is 352 g/mol. The van der Waals surface area contributed by atoms with Crippen molar-refractivity contribution in [2.45, 2.75) is 24.8 Å². The zero-order valence-electron chi connectivity index (χ0n) is 12.7. The number of hydrogen-bond donors (Lipinski definition) is 2. The van der Waals surface area contributed by atoms with Crippen LogP contribution in [0.3, 0.4) is 0 Å². The molecule has 0 aliphatic heterocycles. The van der Waals surface area contributed by atoms with E-state index in [1.54, 1.807) is 31.2 Å². The molecule has 0 aromatic heterocycles. The highest BCUT2D eigenvalue weighted by molar-refractivity contribution is 7.89. The van der Waals surface area contributed by atoms with E-state index in [1.807, 2.05) is 19.1 Å². The van der Waals surface area contributed by atoms with Crippen molar-refractivity contribution in [3.63, 3.8) is 0 Å². The lowest BCUT2D eigenvalue weighted by Crippen LogP contribution is -2.27. The molecule has 0 bridgehead atoms. The van der Waals surface area contributed by atoms with Gasteiger partial charge >= 0.3 is 0 Å². The van der Waals surface area contributed by atoms with E-state index in [2.05, 4.69) is 5.32 Å². The standard InChI is InChI=1S/C16H17ClN2O3S/c1-10-3-4-13(9-15(10)23(18,21)22)16(20)19-11(2)12-5-7-14(17)8-6-12/h3-9,11H,1-2H3,(H,19,20)(H2,18,21,22)/t11-/m0/s1. The topological polar surface area (TPSA) is 89.3 Å². The Hall–Kier alpha value is -1.89. The van der Waals surface area contributed by atoms with Gasteiger partial charge in [0.15, 0.2) is 0 Å². The maximum Gasteiger partial charge on any atom is 0.251 e. The van der Waals surface area contributed by atoms with E-state index < -0.39 is 10.0 Å². The first-order valence-corrected chi connectivity index (χ1v) is 8.80. The Balaban J connectivity index is 2.22. The van der Waals surface area contributed by atoms with Crippen LogP contribution in [0.25, 0.3) is 0 Å². The van der Waals surface area contributed by atoms with Crippen LogP contribution in [0, 0.1) is 6.92 Å². The van der Waals surface area contributed by atoms with Gasteiger partial charge in [-0.3, -0.25) is 4.79 Å². The minimum absolute atomic E-state index is 0.0516. The summed E-state index contributed by atoms with van der Waals surface area (Å²) in [5, 5.41) is 8.59. The normalized spacial score (nSPS) is 12.7. The number of aryl methyl sites for hydroxylation is 1. The first-order chi connectivity index (χ1) is 10.7. The Morgan fingerprint density at radius 3 is 2.35 bits per heavy atom. The molecule has 122 valence electrons. The Bertz CT molecular complexity index is 833. The zero-order chi connectivity index (χ0) is 17.2. The van der Waals surface area contributed by atoms with Gasteiger partial charge in [-0.25, -0.2) is 13.6 Å². The minimum atomic E-state index is -3.87. The molecule has 1 amide bonds. The Morgan fingerprint density at radius 2 is 1.78 bits per heavy atom. The number of hydrogen-bond acceptors (Lipinski definition) is 3. The molecule has 0 radical (unpaired) electrons. The lowest BCUT2D eigenvalue weighted by Gasteiger charge is -2.15. The predicted molar refractivity (Wildman–Crippen MR) is 89.9 cm³/mol. The molecule has 2 aromatic carbocycles. The fraction of sp³-hybridized carbons (Fsp3) is 0.188. The van der Waals surface area contributed by atoms with Crippen molar-refractivity contribution in [1.29, 1.82) is 0 Å². The van der Waals surface area contributed by atoms with Crippen LogP contribution in [0.1, 0.15) is 34.5 Å². The summed E-state index contributed by atoms with van der Waals surface area (Å²) in [4.78, 5) is 12.3. The SMILES string of the molecule is Cc1ccc(C(=O)N[C@@H](C)c2ccc(Cl)cc2)cc1S(N)(=O)=O. The molecule has 0 unspecified atom stereocenters. The predicted octanol–water partition coefficient (Wildman–Crippen LogP) is 2.79. The van der Waals surface area contributed by atoms with Gasteiger partial charge in [0.2, 0.25) is 10.0 Å². The average molecular weight is 353 g/mol. The number of nitrogens with two attached hydrogens (primary N) is 1. The van der Waals surface area contributed by atoms with Crippen molar-refractivity contribution < 1.29 is 13.2 Å². The van der Waals surface area contributed by atoms with Crippen molar-refractivity contribution in [2.24, 2.45) is 5.14 Å². The number of carbonyl (C=O) groups is 1. The molecule has 0 heterocycles. The highest BCUT2D eigenvalue weighted by Gasteiger charge is 2.16. The molecule has 0 fully saturated rings. The molecule has 1 atom stereocenters. The molecule has 5 nitrogen and oxygen atoms in total. The molecule has 2 rings (SSSR count). The number of amides is 1. The lowest BCUT2D eigenvalue weighted by atomic mass is 10.1. The van der Waals surface area contributed by atoms with Gasteiger partial charge in [-0.15, -0.1) is 0 Å². The van der Waals surface area contributed by atoms with Gasteiger partial charge in [0.05, 0.1) is 10.9 Å². The molecular formula is C16H17ClN2O3S. The molecule has 0 saturated carbocycles. The summed E-state index contributed by atoms with van der Waals surface area (Å²) in [7, 11) is -3.87. The number of primary sulfonamides is 1. The quantitative estimate of drug-likeness (QED) is 0.886. The van der Waals surface area contributed by atoms with Gasteiger partial charge in [-0.2, -0.15) is 0 Å². The molecule has 0 spiro atoms. The number of carbonyl (C=O) groups excluding carboxylic acids is 1. The van der Waals surface area contributed by atoms with E-state index in [0.29, 0.717) is 10.6 Å². The van der Waals surface area contributed by atoms with Crippen molar-refractivity contribution in [1.82, 2.24) is 5.32 Å². The van der Waals surface area contributed by atoms with E-state index in [-0.39, 0.29) is 22.4 Å². The number of rotatable bonds is 4. The Morgan fingerprint density at radius 1 is 1.17 bits per heavy atom. The molecule has 3 N–H and O–H groups in total. The third kappa shape index (κ3) is 4.31. The summed E-state index contributed by atoms with van der Waals surface area (Å²) < 4.78 is 23.1. The van der Waals surface area contributed by atoms with Crippen LogP contribution in [0.4, 0.5) is 0 Å². The molecule has 2 aromatic rings. The minimum Gasteiger partial charge on any atom is -0.346 e. The third-order valence-corrected chi connectivity index (χ3v) is 4.78. The summed E-state index contributed by atoms with van der Waals surface area (Å²) in [5.74, 6) is -0.377. The molecule has 0 aliphatic rings. The van der Waals surface area contributed by atoms with Gasteiger partial charge < -0.3 is 5.32 Å². The van der Waals surface area contributed by atoms with E-state index in [4.69, 9.17) is 16.7 Å². The molecule has 23 heavy (non-hydrogen) atoms. The van der Waals surface area contributed by atoms with Gasteiger partial charge in [-0.1, -0.05) is 29.8 Å². The van der Waals surface area contributed by atoms with Gasteiger partial charge in [-0.05, 0) is 49.2 Å². The Labute approximate surface area is 140 Å². The molecule has 0 saturated heterocycles. The molecule has 0 aliphatic carbocycles. The summed E-state index contributed by atoms with van der Waals surface area (Å²) in [6, 6.07) is 11.3. The first-order valence-electron chi connectivity index (χ1n) is 6.88. The van der Waals surface area contributed by atoms with Crippen LogP contribution in [-0.2, 0) is 10.0 Å². The summed E-state index contributed by atoms with van der Waals surface area (Å²) in [5.41, 5.74) is 1.62. The largest absolute Gasteiger partial charge is 0.346 e. The van der Waals surface area contributed by atoms with Crippen molar-refractivity contribution in [2.75, 3.05) is 0 Å². The summed E-state index contributed by atoms with van der Waals surface area (Å²) in [6.07, 6.45) is 0. The highest BCUT2D eigenvalue weighted by atomic mass is 35.5. The van der Waals surface area contributed by atoms with Crippen molar-refractivity contribution in [3.05, 3.63) is 64.2 Å².